The topological polar surface area (TPSA) is 48.4 Å². The molecule has 1 aromatic heterocycles. The van der Waals surface area contributed by atoms with Crippen LogP contribution in [0.3, 0.4) is 0 Å². The highest BCUT2D eigenvalue weighted by Gasteiger charge is 2.08. The third-order valence-electron chi connectivity index (χ3n) is 2.83. The largest absolute Gasteiger partial charge is 0.497 e. The lowest BCUT2D eigenvalue weighted by atomic mass is 10.1. The average molecular weight is 269 g/mol. The molecule has 0 bridgehead atoms. The smallest absolute Gasteiger partial charge is 0.338 e. The molecule has 0 amide bonds. The number of carbonyl (C=O) groups is 1. The van der Waals surface area contributed by atoms with E-state index in [2.05, 4.69) is 4.98 Å². The Morgan fingerprint density at radius 3 is 2.50 bits per heavy atom. The van der Waals surface area contributed by atoms with Crippen molar-refractivity contribution in [2.24, 2.45) is 0 Å². The first-order valence-electron chi connectivity index (χ1n) is 6.09. The molecule has 20 heavy (non-hydrogen) atoms. The molecule has 4 nitrogen and oxygen atoms in total. The van der Waals surface area contributed by atoms with Gasteiger partial charge in [0.05, 0.1) is 19.8 Å². The highest BCUT2D eigenvalue weighted by Crippen LogP contribution is 2.15. The number of nitrogens with zero attached hydrogens (tertiary/aromatic N) is 1. The summed E-state index contributed by atoms with van der Waals surface area (Å²) in [5, 5.41) is 0. The summed E-state index contributed by atoms with van der Waals surface area (Å²) in [4.78, 5) is 15.7. The highest BCUT2D eigenvalue weighted by molar-refractivity contribution is 5.94. The van der Waals surface area contributed by atoms with Crippen molar-refractivity contribution >= 4 is 18.1 Å². The molecular weight excluding hydrogens is 254 g/mol. The molecule has 0 fully saturated rings. The molecule has 0 atom stereocenters. The summed E-state index contributed by atoms with van der Waals surface area (Å²) >= 11 is 0. The number of carbonyl (C=O) groups excluding carboxylic acids is 1. The fraction of sp³-hybridized carbons (Fsp3) is 0.125. The van der Waals surface area contributed by atoms with Crippen molar-refractivity contribution in [1.29, 1.82) is 0 Å². The molecule has 0 N–H and O–H groups in total. The van der Waals surface area contributed by atoms with Gasteiger partial charge >= 0.3 is 5.97 Å². The monoisotopic (exact) mass is 269 g/mol. The van der Waals surface area contributed by atoms with Gasteiger partial charge in [-0.3, -0.25) is 4.98 Å². The van der Waals surface area contributed by atoms with E-state index in [0.717, 1.165) is 16.9 Å². The maximum atomic E-state index is 11.6. The summed E-state index contributed by atoms with van der Waals surface area (Å²) in [5.74, 6) is 0.431. The van der Waals surface area contributed by atoms with Crippen LogP contribution in [0.1, 0.15) is 21.5 Å². The van der Waals surface area contributed by atoms with Gasteiger partial charge in [0.1, 0.15) is 5.75 Å². The zero-order valence-corrected chi connectivity index (χ0v) is 11.4. The second-order valence-electron chi connectivity index (χ2n) is 4.06. The third kappa shape index (κ3) is 3.23. The van der Waals surface area contributed by atoms with Crippen molar-refractivity contribution in [1.82, 2.24) is 4.98 Å². The molecule has 1 aromatic carbocycles. The summed E-state index contributed by atoms with van der Waals surface area (Å²) in [6, 6.07) is 9.26. The van der Waals surface area contributed by atoms with E-state index in [1.165, 1.54) is 7.11 Å². The van der Waals surface area contributed by atoms with E-state index in [1.54, 1.807) is 25.6 Å². The maximum absolute atomic E-state index is 11.6. The minimum Gasteiger partial charge on any atom is -0.497 e. The van der Waals surface area contributed by atoms with Crippen LogP contribution in [-0.4, -0.2) is 25.2 Å². The Morgan fingerprint density at radius 1 is 1.10 bits per heavy atom. The normalized spacial score (nSPS) is 10.5. The second-order valence-corrected chi connectivity index (χ2v) is 4.06. The number of aromatic nitrogens is 1. The van der Waals surface area contributed by atoms with Crippen LogP contribution < -0.4 is 4.74 Å². The van der Waals surface area contributed by atoms with E-state index >= 15 is 0 Å². The van der Waals surface area contributed by atoms with E-state index in [-0.39, 0.29) is 5.97 Å². The van der Waals surface area contributed by atoms with Crippen molar-refractivity contribution in [3.05, 3.63) is 59.4 Å². The molecule has 0 aliphatic heterocycles. The Morgan fingerprint density at radius 2 is 1.85 bits per heavy atom. The summed E-state index contributed by atoms with van der Waals surface area (Å²) in [7, 11) is 2.99. The molecule has 0 radical (unpaired) electrons. The molecule has 2 aromatic rings. The lowest BCUT2D eigenvalue weighted by Gasteiger charge is -2.03. The Balaban J connectivity index is 2.24. The number of hydrogen-bond acceptors (Lipinski definition) is 4. The molecular formula is C16H15NO3. The lowest BCUT2D eigenvalue weighted by molar-refractivity contribution is 0.0600. The van der Waals surface area contributed by atoms with Crippen LogP contribution in [0.25, 0.3) is 12.2 Å². The first kappa shape index (κ1) is 13.8. The van der Waals surface area contributed by atoms with E-state index in [4.69, 9.17) is 9.47 Å². The molecule has 2 rings (SSSR count). The van der Waals surface area contributed by atoms with Gasteiger partial charge in [-0.25, -0.2) is 4.79 Å². The van der Waals surface area contributed by atoms with Crippen molar-refractivity contribution < 1.29 is 14.3 Å². The second kappa shape index (κ2) is 6.52. The average Bonchev–Trinajstić information content (AvgIpc) is 2.53. The molecule has 0 spiro atoms. The standard InChI is InChI=1S/C16H15NO3/c1-19-14-7-4-12(5-8-14)3-6-13-11-17-10-9-15(13)16(18)20-2/h3-11H,1-2H3/b6-3+. The zero-order valence-electron chi connectivity index (χ0n) is 11.4. The molecule has 0 saturated carbocycles. The van der Waals surface area contributed by atoms with E-state index in [9.17, 15) is 4.79 Å². The van der Waals surface area contributed by atoms with Crippen LogP contribution >= 0.6 is 0 Å². The molecule has 0 aliphatic rings. The minimum absolute atomic E-state index is 0.373. The number of esters is 1. The Hall–Kier alpha value is -2.62. The van der Waals surface area contributed by atoms with Crippen molar-refractivity contribution in [3.8, 4) is 5.75 Å². The van der Waals surface area contributed by atoms with Crippen LogP contribution in [0.4, 0.5) is 0 Å². The maximum Gasteiger partial charge on any atom is 0.338 e. The van der Waals surface area contributed by atoms with E-state index in [0.29, 0.717) is 5.56 Å². The number of hydrogen-bond donors (Lipinski definition) is 0. The first-order chi connectivity index (χ1) is 9.74. The number of benzene rings is 1. The van der Waals surface area contributed by atoms with Crippen LogP contribution in [0.5, 0.6) is 5.75 Å². The van der Waals surface area contributed by atoms with Gasteiger partial charge in [0.25, 0.3) is 0 Å². The summed E-state index contributed by atoms with van der Waals surface area (Å²) in [6.45, 7) is 0. The molecule has 0 aliphatic carbocycles. The van der Waals surface area contributed by atoms with Gasteiger partial charge in [0.15, 0.2) is 0 Å². The van der Waals surface area contributed by atoms with Crippen LogP contribution in [0.2, 0.25) is 0 Å². The highest BCUT2D eigenvalue weighted by atomic mass is 16.5. The number of ether oxygens (including phenoxy) is 2. The van der Waals surface area contributed by atoms with E-state index in [1.807, 2.05) is 36.4 Å². The van der Waals surface area contributed by atoms with Crippen molar-refractivity contribution in [3.63, 3.8) is 0 Å². The fourth-order valence-electron chi connectivity index (χ4n) is 1.74. The molecule has 1 heterocycles. The fourth-order valence-corrected chi connectivity index (χ4v) is 1.74. The number of methoxy groups -OCH3 is 2. The third-order valence-corrected chi connectivity index (χ3v) is 2.83. The number of pyridine rings is 1. The van der Waals surface area contributed by atoms with Gasteiger partial charge in [-0.2, -0.15) is 0 Å². The van der Waals surface area contributed by atoms with Crippen LogP contribution in [-0.2, 0) is 4.74 Å². The van der Waals surface area contributed by atoms with Crippen molar-refractivity contribution in [2.45, 2.75) is 0 Å². The summed E-state index contributed by atoms with van der Waals surface area (Å²) < 4.78 is 9.84. The van der Waals surface area contributed by atoms with Gasteiger partial charge < -0.3 is 9.47 Å². The molecule has 0 saturated heterocycles. The number of rotatable bonds is 4. The summed E-state index contributed by atoms with van der Waals surface area (Å²) in [6.07, 6.45) is 6.94. The van der Waals surface area contributed by atoms with Gasteiger partial charge in [-0.15, -0.1) is 0 Å². The van der Waals surface area contributed by atoms with E-state index < -0.39 is 0 Å². The van der Waals surface area contributed by atoms with Gasteiger partial charge in [0, 0.05) is 18.0 Å². The SMILES string of the molecule is COC(=O)c1ccncc1/C=C/c1ccc(OC)cc1. The zero-order chi connectivity index (χ0) is 14.4. The van der Waals surface area contributed by atoms with Crippen LogP contribution in [0, 0.1) is 0 Å². The Kier molecular flexibility index (Phi) is 4.50. The first-order valence-corrected chi connectivity index (χ1v) is 6.09. The van der Waals surface area contributed by atoms with Crippen molar-refractivity contribution in [2.75, 3.05) is 14.2 Å². The Labute approximate surface area is 117 Å². The molecule has 0 unspecified atom stereocenters. The molecule has 4 heteroatoms. The minimum atomic E-state index is -0.373. The van der Waals surface area contributed by atoms with Gasteiger partial charge in [-0.1, -0.05) is 24.3 Å². The van der Waals surface area contributed by atoms with Gasteiger partial charge in [0.2, 0.25) is 0 Å². The lowest BCUT2D eigenvalue weighted by Crippen LogP contribution is -2.03. The molecule has 102 valence electrons. The predicted octanol–water partition coefficient (Wildman–Crippen LogP) is 3.05. The van der Waals surface area contributed by atoms with Gasteiger partial charge in [-0.05, 0) is 23.8 Å². The quantitative estimate of drug-likeness (QED) is 0.800. The predicted molar refractivity (Wildman–Crippen MR) is 77.5 cm³/mol. The Bertz CT molecular complexity index is 618. The van der Waals surface area contributed by atoms with Crippen LogP contribution in [0.15, 0.2) is 42.7 Å². The summed E-state index contributed by atoms with van der Waals surface area (Å²) in [5.41, 5.74) is 2.22.